The Labute approximate surface area is 136 Å². The van der Waals surface area contributed by atoms with Crippen molar-refractivity contribution in [3.8, 4) is 0 Å². The fraction of sp³-hybridized carbons (Fsp3) is 1.00. The molecular formula is C12H24F6NO4P. The fourth-order valence-corrected chi connectivity index (χ4v) is 2.00. The molecule has 4 N–H and O–H groups in total. The Balaban J connectivity index is 0. The van der Waals surface area contributed by atoms with Crippen molar-refractivity contribution in [2.24, 2.45) is 5.92 Å². The van der Waals surface area contributed by atoms with Gasteiger partial charge >= 0.3 is 20.2 Å². The highest BCUT2D eigenvalue weighted by molar-refractivity contribution is 7.45. The van der Waals surface area contributed by atoms with Gasteiger partial charge in [-0.1, -0.05) is 6.92 Å². The Morgan fingerprint density at radius 3 is 1.46 bits per heavy atom. The summed E-state index contributed by atoms with van der Waals surface area (Å²) in [6.07, 6.45) is -11.5. The summed E-state index contributed by atoms with van der Waals surface area (Å²) in [5.74, 6) is -1.54. The largest absolute Gasteiger partial charge is 0.466 e. The van der Waals surface area contributed by atoms with Gasteiger partial charge in [-0.2, -0.15) is 26.3 Å². The Hall–Kier alpha value is -0.350. The first-order chi connectivity index (χ1) is 10.3. The van der Waals surface area contributed by atoms with E-state index in [0.717, 1.165) is 0 Å². The number of hydrogen-bond acceptors (Lipinski definition) is 2. The summed E-state index contributed by atoms with van der Waals surface area (Å²) >= 11 is 0. The average Bonchev–Trinajstić information content (AvgIpc) is 2.21. The van der Waals surface area contributed by atoms with Gasteiger partial charge in [-0.3, -0.25) is 0 Å². The zero-order chi connectivity index (χ0) is 20.0. The highest BCUT2D eigenvalue weighted by atomic mass is 31.2. The SMILES string of the molecule is CCC(C)NC(C)(C)C(CC(F)(F)F)CC(F)(F)F.O=P(O)(O)O. The second-order valence-electron chi connectivity index (χ2n) is 6.02. The zero-order valence-electron chi connectivity index (χ0n) is 13.7. The van der Waals surface area contributed by atoms with E-state index >= 15 is 0 Å². The van der Waals surface area contributed by atoms with E-state index in [1.165, 1.54) is 13.8 Å². The second kappa shape index (κ2) is 9.38. The van der Waals surface area contributed by atoms with Crippen LogP contribution in [0.1, 0.15) is 47.0 Å². The molecule has 5 nitrogen and oxygen atoms in total. The number of rotatable bonds is 6. The molecule has 0 radical (unpaired) electrons. The van der Waals surface area contributed by atoms with Gasteiger partial charge < -0.3 is 20.0 Å². The number of alkyl halides is 6. The molecule has 0 amide bonds. The predicted molar refractivity (Wildman–Crippen MR) is 76.1 cm³/mol. The van der Waals surface area contributed by atoms with E-state index in [1.807, 2.05) is 6.92 Å². The predicted octanol–water partition coefficient (Wildman–Crippen LogP) is 3.75. The summed E-state index contributed by atoms with van der Waals surface area (Å²) < 4.78 is 83.5. The minimum atomic E-state index is -4.64. The molecule has 0 spiro atoms. The molecule has 0 aromatic rings. The fourth-order valence-electron chi connectivity index (χ4n) is 2.00. The molecule has 0 aliphatic heterocycles. The van der Waals surface area contributed by atoms with Crippen molar-refractivity contribution in [2.75, 3.05) is 0 Å². The molecule has 0 bridgehead atoms. The third-order valence-corrected chi connectivity index (χ3v) is 3.21. The molecule has 0 aliphatic carbocycles. The minimum absolute atomic E-state index is 0.140. The van der Waals surface area contributed by atoms with Crippen LogP contribution in [0.3, 0.4) is 0 Å². The summed E-state index contributed by atoms with van der Waals surface area (Å²) in [5.41, 5.74) is -1.24. The van der Waals surface area contributed by atoms with Gasteiger partial charge in [-0.15, -0.1) is 0 Å². The summed E-state index contributed by atoms with van der Waals surface area (Å²) in [6.45, 7) is 6.33. The van der Waals surface area contributed by atoms with Crippen LogP contribution in [0.15, 0.2) is 0 Å². The van der Waals surface area contributed by atoms with Crippen molar-refractivity contribution in [1.82, 2.24) is 5.32 Å². The topological polar surface area (TPSA) is 89.8 Å². The smallest absolute Gasteiger partial charge is 0.309 e. The monoisotopic (exact) mass is 391 g/mol. The number of halogens is 6. The van der Waals surface area contributed by atoms with E-state index in [-0.39, 0.29) is 6.04 Å². The lowest BCUT2D eigenvalue weighted by molar-refractivity contribution is -0.181. The normalized spacial score (nSPS) is 15.1. The molecule has 0 fully saturated rings. The molecule has 0 aromatic carbocycles. The number of hydrogen-bond donors (Lipinski definition) is 4. The van der Waals surface area contributed by atoms with Gasteiger partial charge in [0.05, 0.1) is 0 Å². The molecule has 12 heteroatoms. The third kappa shape index (κ3) is 18.0. The van der Waals surface area contributed by atoms with Crippen LogP contribution in [0, 0.1) is 5.92 Å². The minimum Gasteiger partial charge on any atom is -0.309 e. The lowest BCUT2D eigenvalue weighted by Crippen LogP contribution is -2.52. The molecule has 148 valence electrons. The van der Waals surface area contributed by atoms with Crippen molar-refractivity contribution in [1.29, 1.82) is 0 Å². The van der Waals surface area contributed by atoms with Crippen LogP contribution < -0.4 is 5.32 Å². The first-order valence-corrected chi connectivity index (χ1v) is 8.53. The van der Waals surface area contributed by atoms with Crippen molar-refractivity contribution < 1.29 is 45.6 Å². The third-order valence-electron chi connectivity index (χ3n) is 3.21. The van der Waals surface area contributed by atoms with E-state index < -0.39 is 44.5 Å². The van der Waals surface area contributed by atoms with Gasteiger partial charge in [-0.25, -0.2) is 4.57 Å². The Morgan fingerprint density at radius 1 is 0.958 bits per heavy atom. The van der Waals surface area contributed by atoms with E-state index in [4.69, 9.17) is 19.2 Å². The zero-order valence-corrected chi connectivity index (χ0v) is 14.6. The quantitative estimate of drug-likeness (QED) is 0.409. The van der Waals surface area contributed by atoms with Crippen LogP contribution in [-0.2, 0) is 4.57 Å². The van der Waals surface area contributed by atoms with Crippen molar-refractivity contribution in [3.05, 3.63) is 0 Å². The van der Waals surface area contributed by atoms with Crippen molar-refractivity contribution in [3.63, 3.8) is 0 Å². The van der Waals surface area contributed by atoms with E-state index in [1.54, 1.807) is 6.92 Å². The van der Waals surface area contributed by atoms with Crippen LogP contribution in [0.4, 0.5) is 26.3 Å². The van der Waals surface area contributed by atoms with Crippen LogP contribution in [0.25, 0.3) is 0 Å². The Morgan fingerprint density at radius 2 is 1.25 bits per heavy atom. The molecule has 0 aliphatic rings. The second-order valence-corrected chi connectivity index (χ2v) is 7.05. The van der Waals surface area contributed by atoms with Crippen molar-refractivity contribution >= 4 is 7.82 Å². The maximum Gasteiger partial charge on any atom is 0.466 e. The van der Waals surface area contributed by atoms with E-state index in [2.05, 4.69) is 5.32 Å². The highest BCUT2D eigenvalue weighted by Crippen LogP contribution is 2.38. The molecular weight excluding hydrogens is 367 g/mol. The van der Waals surface area contributed by atoms with Gasteiger partial charge in [0.1, 0.15) is 0 Å². The van der Waals surface area contributed by atoms with E-state index in [0.29, 0.717) is 6.42 Å². The van der Waals surface area contributed by atoms with Crippen LogP contribution in [0.2, 0.25) is 0 Å². The van der Waals surface area contributed by atoms with Crippen molar-refractivity contribution in [2.45, 2.75) is 70.9 Å². The molecule has 1 unspecified atom stereocenters. The number of nitrogens with one attached hydrogen (secondary N) is 1. The van der Waals surface area contributed by atoms with Crippen LogP contribution in [-0.4, -0.2) is 38.6 Å². The van der Waals surface area contributed by atoms with Gasteiger partial charge in [-0.05, 0) is 33.1 Å². The first-order valence-electron chi connectivity index (χ1n) is 6.96. The first kappa shape index (κ1) is 25.9. The van der Waals surface area contributed by atoms with Gasteiger partial charge in [0, 0.05) is 24.4 Å². The standard InChI is InChI=1S/C12H21F6N.H3O4P/c1-5-8(2)19-10(3,4)9(6-11(13,14)15)7-12(16,17)18;1-5(2,3)4/h8-9,19H,5-7H2,1-4H3;(H3,1,2,3,4). The molecule has 0 rings (SSSR count). The molecule has 0 heterocycles. The van der Waals surface area contributed by atoms with E-state index in [9.17, 15) is 26.3 Å². The molecule has 0 saturated carbocycles. The van der Waals surface area contributed by atoms with Gasteiger partial charge in [0.15, 0.2) is 0 Å². The lowest BCUT2D eigenvalue weighted by Gasteiger charge is -2.38. The van der Waals surface area contributed by atoms with Crippen LogP contribution >= 0.6 is 7.82 Å². The Bertz CT molecular complexity index is 383. The highest BCUT2D eigenvalue weighted by Gasteiger charge is 2.45. The summed E-state index contributed by atoms with van der Waals surface area (Å²) in [5, 5.41) is 2.85. The number of phosphoric acid groups is 1. The van der Waals surface area contributed by atoms with Crippen LogP contribution in [0.5, 0.6) is 0 Å². The average molecular weight is 391 g/mol. The molecule has 0 saturated heterocycles. The summed E-state index contributed by atoms with van der Waals surface area (Å²) in [4.78, 5) is 21.6. The molecule has 0 aromatic heterocycles. The van der Waals surface area contributed by atoms with Gasteiger partial charge in [0.25, 0.3) is 0 Å². The molecule has 1 atom stereocenters. The van der Waals surface area contributed by atoms with Gasteiger partial charge in [0.2, 0.25) is 0 Å². The molecule has 24 heavy (non-hydrogen) atoms. The maximum absolute atomic E-state index is 12.4. The Kier molecular flexibility index (Phi) is 10.1. The summed E-state index contributed by atoms with van der Waals surface area (Å²) in [7, 11) is -4.64. The lowest BCUT2D eigenvalue weighted by atomic mass is 9.81. The maximum atomic E-state index is 12.4. The summed E-state index contributed by atoms with van der Waals surface area (Å²) in [6, 6.07) is -0.140.